The normalized spacial score (nSPS) is 24.4. The van der Waals surface area contributed by atoms with E-state index in [4.69, 9.17) is 0 Å². The van der Waals surface area contributed by atoms with Crippen molar-refractivity contribution in [2.75, 3.05) is 5.32 Å². The maximum absolute atomic E-state index is 13.1. The van der Waals surface area contributed by atoms with E-state index in [0.717, 1.165) is 15.3 Å². The zero-order chi connectivity index (χ0) is 11.8. The molecule has 2 nitrogen and oxygen atoms in total. The predicted molar refractivity (Wildman–Crippen MR) is 70.0 cm³/mol. The number of nitrogens with zero attached hydrogens (tertiary/aromatic N) is 1. The molecule has 3 rings (SSSR count). The van der Waals surface area contributed by atoms with Crippen molar-refractivity contribution in [1.82, 2.24) is 4.98 Å². The van der Waals surface area contributed by atoms with Crippen LogP contribution in [0.15, 0.2) is 18.2 Å². The molecule has 2 aromatic rings. The Morgan fingerprint density at radius 3 is 3.06 bits per heavy atom. The van der Waals surface area contributed by atoms with Gasteiger partial charge in [0.2, 0.25) is 0 Å². The molecular formula is C13H15FN2S. The lowest BCUT2D eigenvalue weighted by atomic mass is 10.1. The monoisotopic (exact) mass is 250 g/mol. The molecule has 0 spiro atoms. The standard InChI is InChI=1S/C13H15FN2S/c1-8-3-2-4-10(8)15-13-16-11-6-5-9(14)7-12(11)17-13/h5-8,10H,2-4H2,1H3,(H,15,16). The molecular weight excluding hydrogens is 235 g/mol. The van der Waals surface area contributed by atoms with E-state index in [1.807, 2.05) is 0 Å². The first kappa shape index (κ1) is 11.0. The number of fused-ring (bicyclic) bond motifs is 1. The molecule has 0 saturated heterocycles. The summed E-state index contributed by atoms with van der Waals surface area (Å²) in [6, 6.07) is 5.28. The van der Waals surface area contributed by atoms with Crippen LogP contribution in [-0.2, 0) is 0 Å². The van der Waals surface area contributed by atoms with Crippen molar-refractivity contribution in [3.8, 4) is 0 Å². The van der Waals surface area contributed by atoms with Gasteiger partial charge >= 0.3 is 0 Å². The summed E-state index contributed by atoms with van der Waals surface area (Å²) in [7, 11) is 0. The van der Waals surface area contributed by atoms with E-state index in [0.29, 0.717) is 12.0 Å². The highest BCUT2D eigenvalue weighted by Crippen LogP contribution is 2.31. The molecule has 0 radical (unpaired) electrons. The number of halogens is 1. The molecule has 1 aromatic carbocycles. The minimum Gasteiger partial charge on any atom is -0.358 e. The molecule has 4 heteroatoms. The van der Waals surface area contributed by atoms with Gasteiger partial charge in [0, 0.05) is 6.04 Å². The van der Waals surface area contributed by atoms with E-state index in [1.54, 1.807) is 12.1 Å². The van der Waals surface area contributed by atoms with Gasteiger partial charge in [-0.2, -0.15) is 0 Å². The number of thiazole rings is 1. The highest BCUT2D eigenvalue weighted by molar-refractivity contribution is 7.22. The third-order valence-electron chi connectivity index (χ3n) is 3.52. The summed E-state index contributed by atoms with van der Waals surface area (Å²) in [4.78, 5) is 4.49. The highest BCUT2D eigenvalue weighted by Gasteiger charge is 2.23. The van der Waals surface area contributed by atoms with Crippen LogP contribution in [0, 0.1) is 11.7 Å². The lowest BCUT2D eigenvalue weighted by Gasteiger charge is -2.15. The summed E-state index contributed by atoms with van der Waals surface area (Å²) in [6.07, 6.45) is 3.79. The van der Waals surface area contributed by atoms with Gasteiger partial charge in [-0.3, -0.25) is 0 Å². The summed E-state index contributed by atoms with van der Waals surface area (Å²) < 4.78 is 14.0. The van der Waals surface area contributed by atoms with Gasteiger partial charge in [0.1, 0.15) is 5.82 Å². The van der Waals surface area contributed by atoms with Crippen molar-refractivity contribution in [3.63, 3.8) is 0 Å². The van der Waals surface area contributed by atoms with Gasteiger partial charge in [0.25, 0.3) is 0 Å². The fourth-order valence-corrected chi connectivity index (χ4v) is 3.43. The van der Waals surface area contributed by atoms with E-state index in [2.05, 4.69) is 17.2 Å². The maximum Gasteiger partial charge on any atom is 0.184 e. The molecule has 90 valence electrons. The summed E-state index contributed by atoms with van der Waals surface area (Å²) in [6.45, 7) is 2.28. The number of hydrogen-bond acceptors (Lipinski definition) is 3. The van der Waals surface area contributed by atoms with Gasteiger partial charge < -0.3 is 5.32 Å². The summed E-state index contributed by atoms with van der Waals surface area (Å²) in [5.41, 5.74) is 0.879. The van der Waals surface area contributed by atoms with E-state index in [1.165, 1.54) is 36.7 Å². The van der Waals surface area contributed by atoms with E-state index in [9.17, 15) is 4.39 Å². The van der Waals surface area contributed by atoms with Gasteiger partial charge in [-0.25, -0.2) is 9.37 Å². The Morgan fingerprint density at radius 2 is 2.29 bits per heavy atom. The topological polar surface area (TPSA) is 24.9 Å². The lowest BCUT2D eigenvalue weighted by Crippen LogP contribution is -2.21. The minimum absolute atomic E-state index is 0.193. The Labute approximate surface area is 104 Å². The van der Waals surface area contributed by atoms with E-state index >= 15 is 0 Å². The average molecular weight is 250 g/mol. The molecule has 0 bridgehead atoms. The van der Waals surface area contributed by atoms with Crippen LogP contribution in [0.1, 0.15) is 26.2 Å². The quantitative estimate of drug-likeness (QED) is 0.870. The predicted octanol–water partition coefficient (Wildman–Crippen LogP) is 4.04. The van der Waals surface area contributed by atoms with Crippen LogP contribution in [0.2, 0.25) is 0 Å². The van der Waals surface area contributed by atoms with Crippen LogP contribution in [0.5, 0.6) is 0 Å². The zero-order valence-corrected chi connectivity index (χ0v) is 10.6. The molecule has 1 aliphatic rings. The molecule has 1 N–H and O–H groups in total. The van der Waals surface area contributed by atoms with Crippen molar-refractivity contribution in [1.29, 1.82) is 0 Å². The summed E-state index contributed by atoms with van der Waals surface area (Å²) in [5, 5.41) is 4.41. The average Bonchev–Trinajstić information content (AvgIpc) is 2.85. The lowest BCUT2D eigenvalue weighted by molar-refractivity contribution is 0.556. The second-order valence-electron chi connectivity index (χ2n) is 4.79. The number of anilines is 1. The minimum atomic E-state index is -0.193. The van der Waals surface area contributed by atoms with Gasteiger partial charge in [0.05, 0.1) is 10.2 Å². The fourth-order valence-electron chi connectivity index (χ4n) is 2.48. The SMILES string of the molecule is CC1CCCC1Nc1nc2ccc(F)cc2s1. The Balaban J connectivity index is 1.85. The molecule has 1 fully saturated rings. The number of nitrogens with one attached hydrogen (secondary N) is 1. The second-order valence-corrected chi connectivity index (χ2v) is 5.82. The van der Waals surface area contributed by atoms with Gasteiger partial charge in [-0.15, -0.1) is 0 Å². The van der Waals surface area contributed by atoms with Crippen LogP contribution in [0.25, 0.3) is 10.2 Å². The smallest absolute Gasteiger partial charge is 0.184 e. The highest BCUT2D eigenvalue weighted by atomic mass is 32.1. The zero-order valence-electron chi connectivity index (χ0n) is 9.74. The molecule has 1 aliphatic carbocycles. The maximum atomic E-state index is 13.1. The van der Waals surface area contributed by atoms with E-state index < -0.39 is 0 Å². The Hall–Kier alpha value is -1.16. The molecule has 1 aromatic heterocycles. The number of aromatic nitrogens is 1. The third-order valence-corrected chi connectivity index (χ3v) is 4.47. The van der Waals surface area contributed by atoms with Crippen LogP contribution in [0.3, 0.4) is 0 Å². The number of hydrogen-bond donors (Lipinski definition) is 1. The van der Waals surface area contributed by atoms with Crippen LogP contribution < -0.4 is 5.32 Å². The number of benzene rings is 1. The third kappa shape index (κ3) is 2.14. The summed E-state index contributed by atoms with van der Waals surface area (Å²) >= 11 is 1.54. The van der Waals surface area contributed by atoms with Crippen molar-refractivity contribution in [2.45, 2.75) is 32.2 Å². The van der Waals surface area contributed by atoms with Gasteiger partial charge in [-0.1, -0.05) is 24.7 Å². The molecule has 0 aliphatic heterocycles. The van der Waals surface area contributed by atoms with Crippen molar-refractivity contribution in [3.05, 3.63) is 24.0 Å². The Kier molecular flexibility index (Phi) is 2.74. The number of rotatable bonds is 2. The second kappa shape index (κ2) is 4.26. The molecule has 17 heavy (non-hydrogen) atoms. The molecule has 2 atom stereocenters. The van der Waals surface area contributed by atoms with Crippen LogP contribution in [-0.4, -0.2) is 11.0 Å². The summed E-state index contributed by atoms with van der Waals surface area (Å²) in [5.74, 6) is 0.515. The molecule has 0 amide bonds. The van der Waals surface area contributed by atoms with Crippen LogP contribution >= 0.6 is 11.3 Å². The largest absolute Gasteiger partial charge is 0.358 e. The first-order valence-electron chi connectivity index (χ1n) is 6.05. The van der Waals surface area contributed by atoms with Crippen molar-refractivity contribution >= 4 is 26.7 Å². The molecule has 2 unspecified atom stereocenters. The fraction of sp³-hybridized carbons (Fsp3) is 0.462. The molecule has 1 saturated carbocycles. The first-order chi connectivity index (χ1) is 8.22. The first-order valence-corrected chi connectivity index (χ1v) is 6.86. The van der Waals surface area contributed by atoms with Crippen LogP contribution in [0.4, 0.5) is 9.52 Å². The van der Waals surface area contributed by atoms with E-state index in [-0.39, 0.29) is 5.82 Å². The Morgan fingerprint density at radius 1 is 1.41 bits per heavy atom. The van der Waals surface area contributed by atoms with Crippen molar-refractivity contribution < 1.29 is 4.39 Å². The van der Waals surface area contributed by atoms with Gasteiger partial charge in [0.15, 0.2) is 5.13 Å². The van der Waals surface area contributed by atoms with Crippen molar-refractivity contribution in [2.24, 2.45) is 5.92 Å². The van der Waals surface area contributed by atoms with Gasteiger partial charge in [-0.05, 0) is 37.0 Å². The Bertz CT molecular complexity index is 537. The molecule has 1 heterocycles.